The zero-order valence-corrected chi connectivity index (χ0v) is 13.6. The van der Waals surface area contributed by atoms with E-state index in [0.717, 1.165) is 16.5 Å². The van der Waals surface area contributed by atoms with E-state index < -0.39 is 0 Å². The van der Waals surface area contributed by atoms with Crippen LogP contribution in [0.25, 0.3) is 17.0 Å². The summed E-state index contributed by atoms with van der Waals surface area (Å²) < 4.78 is 5.23. The van der Waals surface area contributed by atoms with Gasteiger partial charge >= 0.3 is 0 Å². The number of hydrogen-bond donors (Lipinski definition) is 1. The van der Waals surface area contributed by atoms with E-state index in [2.05, 4.69) is 4.98 Å². The van der Waals surface area contributed by atoms with Gasteiger partial charge in [0.05, 0.1) is 7.11 Å². The molecule has 0 aliphatic heterocycles. The number of fused-ring (bicyclic) bond motifs is 1. The lowest BCUT2D eigenvalue weighted by atomic mass is 10.0. The highest BCUT2D eigenvalue weighted by atomic mass is 35.5. The minimum atomic E-state index is -0.341. The Morgan fingerprint density at radius 2 is 2.00 bits per heavy atom. The number of rotatable bonds is 4. The fourth-order valence-corrected chi connectivity index (χ4v) is 2.55. The minimum absolute atomic E-state index is 0.0565. The number of H-pyrrole nitrogens is 1. The van der Waals surface area contributed by atoms with Crippen LogP contribution in [0.5, 0.6) is 5.75 Å². The van der Waals surface area contributed by atoms with E-state index in [1.54, 1.807) is 43.6 Å². The smallest absolute Gasteiger partial charge is 0.203 e. The lowest BCUT2D eigenvalue weighted by Gasteiger charge is -2.01. The van der Waals surface area contributed by atoms with E-state index in [1.807, 2.05) is 24.3 Å². The Morgan fingerprint density at radius 1 is 1.25 bits per heavy atom. The largest absolute Gasteiger partial charge is 0.497 e. The molecule has 1 aromatic heterocycles. The van der Waals surface area contributed by atoms with Crippen molar-refractivity contribution in [1.29, 1.82) is 5.26 Å². The van der Waals surface area contributed by atoms with E-state index in [0.29, 0.717) is 16.3 Å². The number of nitrogens with one attached hydrogen (secondary N) is 1. The normalized spacial score (nSPS) is 11.3. The molecule has 118 valence electrons. The number of carbonyl (C=O) groups is 1. The molecular formula is C19H13ClN2O2. The highest BCUT2D eigenvalue weighted by molar-refractivity contribution is 6.30. The number of aromatic nitrogens is 1. The zero-order chi connectivity index (χ0) is 17.1. The Morgan fingerprint density at radius 3 is 2.67 bits per heavy atom. The number of allylic oxidation sites excluding steroid dienone is 1. The molecule has 0 fully saturated rings. The summed E-state index contributed by atoms with van der Waals surface area (Å²) >= 11 is 5.83. The summed E-state index contributed by atoms with van der Waals surface area (Å²) in [6.07, 6.45) is 3.34. The van der Waals surface area contributed by atoms with Gasteiger partial charge in [0.25, 0.3) is 0 Å². The fraction of sp³-hybridized carbons (Fsp3) is 0.0526. The van der Waals surface area contributed by atoms with Crippen molar-refractivity contribution in [2.45, 2.75) is 0 Å². The summed E-state index contributed by atoms with van der Waals surface area (Å²) in [5.74, 6) is 0.366. The second kappa shape index (κ2) is 6.61. The van der Waals surface area contributed by atoms with Crippen molar-refractivity contribution < 1.29 is 9.53 Å². The van der Waals surface area contributed by atoms with Crippen molar-refractivity contribution >= 4 is 34.4 Å². The van der Waals surface area contributed by atoms with Gasteiger partial charge in [-0.2, -0.15) is 5.26 Å². The van der Waals surface area contributed by atoms with E-state index in [-0.39, 0.29) is 11.4 Å². The van der Waals surface area contributed by atoms with Gasteiger partial charge in [-0.25, -0.2) is 0 Å². The molecule has 1 heterocycles. The Labute approximate surface area is 143 Å². The average Bonchev–Trinajstić information content (AvgIpc) is 3.01. The van der Waals surface area contributed by atoms with Gasteiger partial charge in [-0.1, -0.05) is 11.6 Å². The zero-order valence-electron chi connectivity index (χ0n) is 12.8. The Bertz CT molecular complexity index is 979. The molecular weight excluding hydrogens is 324 g/mol. The van der Waals surface area contributed by atoms with Crippen LogP contribution in [0.15, 0.2) is 54.2 Å². The first-order valence-electron chi connectivity index (χ1n) is 7.19. The van der Waals surface area contributed by atoms with Gasteiger partial charge in [0.15, 0.2) is 0 Å². The van der Waals surface area contributed by atoms with Gasteiger partial charge in [-0.05, 0) is 48.5 Å². The lowest BCUT2D eigenvalue weighted by molar-refractivity contribution is 0.104. The second-order valence-electron chi connectivity index (χ2n) is 5.16. The summed E-state index contributed by atoms with van der Waals surface area (Å²) in [4.78, 5) is 15.6. The molecule has 0 radical (unpaired) electrons. The molecule has 3 aromatic rings. The van der Waals surface area contributed by atoms with Crippen LogP contribution in [-0.4, -0.2) is 17.9 Å². The molecule has 0 unspecified atom stereocenters. The Balaban J connectivity index is 2.03. The molecule has 0 amide bonds. The molecule has 0 saturated carbocycles. The van der Waals surface area contributed by atoms with Gasteiger partial charge < -0.3 is 9.72 Å². The van der Waals surface area contributed by atoms with Crippen LogP contribution in [-0.2, 0) is 0 Å². The van der Waals surface area contributed by atoms with Gasteiger partial charge in [0, 0.05) is 33.2 Å². The molecule has 0 bridgehead atoms. The average molecular weight is 337 g/mol. The lowest BCUT2D eigenvalue weighted by Crippen LogP contribution is -2.01. The quantitative estimate of drug-likeness (QED) is 0.429. The molecule has 3 rings (SSSR count). The summed E-state index contributed by atoms with van der Waals surface area (Å²) in [6, 6.07) is 14.0. The van der Waals surface area contributed by atoms with Gasteiger partial charge in [0.1, 0.15) is 17.4 Å². The van der Waals surface area contributed by atoms with Gasteiger partial charge in [0.2, 0.25) is 5.78 Å². The number of ketones is 1. The first-order chi connectivity index (χ1) is 11.6. The highest BCUT2D eigenvalue weighted by Crippen LogP contribution is 2.26. The molecule has 0 atom stereocenters. The number of nitriles is 1. The highest BCUT2D eigenvalue weighted by Gasteiger charge is 2.13. The summed E-state index contributed by atoms with van der Waals surface area (Å²) in [7, 11) is 1.59. The third-order valence-electron chi connectivity index (χ3n) is 3.69. The molecule has 1 N–H and O–H groups in total. The number of ether oxygens (including phenoxy) is 1. The number of hydrogen-bond acceptors (Lipinski definition) is 3. The number of carbonyl (C=O) groups excluding carboxylic acids is 1. The molecule has 24 heavy (non-hydrogen) atoms. The van der Waals surface area contributed by atoms with E-state index in [1.165, 1.54) is 0 Å². The molecule has 2 aromatic carbocycles. The monoisotopic (exact) mass is 336 g/mol. The minimum Gasteiger partial charge on any atom is -0.497 e. The van der Waals surface area contributed by atoms with Crippen LogP contribution in [0.4, 0.5) is 0 Å². The van der Waals surface area contributed by atoms with E-state index >= 15 is 0 Å². The Hall–Kier alpha value is -3.03. The molecule has 4 nitrogen and oxygen atoms in total. The van der Waals surface area contributed by atoms with Crippen molar-refractivity contribution in [3.8, 4) is 11.8 Å². The van der Waals surface area contributed by atoms with Crippen molar-refractivity contribution in [3.63, 3.8) is 0 Å². The predicted molar refractivity (Wildman–Crippen MR) is 94.2 cm³/mol. The maximum atomic E-state index is 12.5. The molecule has 0 spiro atoms. The van der Waals surface area contributed by atoms with Gasteiger partial charge in [-0.15, -0.1) is 0 Å². The van der Waals surface area contributed by atoms with Crippen LogP contribution < -0.4 is 4.74 Å². The molecule has 0 aliphatic carbocycles. The topological polar surface area (TPSA) is 65.9 Å². The van der Waals surface area contributed by atoms with Crippen molar-refractivity contribution in [1.82, 2.24) is 4.98 Å². The maximum absolute atomic E-state index is 12.5. The molecule has 0 aliphatic rings. The SMILES string of the molecule is COc1ccc2[nH]cc(C=C(C#N)C(=O)c3ccc(Cl)cc3)c2c1. The van der Waals surface area contributed by atoms with E-state index in [9.17, 15) is 10.1 Å². The number of halogens is 1. The number of benzene rings is 2. The predicted octanol–water partition coefficient (Wildman–Crippen LogP) is 4.62. The van der Waals surface area contributed by atoms with Crippen LogP contribution in [0.2, 0.25) is 5.02 Å². The van der Waals surface area contributed by atoms with Crippen molar-refractivity contribution in [2.24, 2.45) is 0 Å². The summed E-state index contributed by atoms with van der Waals surface area (Å²) in [5, 5.41) is 10.8. The number of methoxy groups -OCH3 is 1. The van der Waals surface area contributed by atoms with Crippen LogP contribution in [0, 0.1) is 11.3 Å². The molecule has 5 heteroatoms. The summed E-state index contributed by atoms with van der Waals surface area (Å²) in [6.45, 7) is 0. The number of nitrogens with zero attached hydrogens (tertiary/aromatic N) is 1. The molecule has 0 saturated heterocycles. The summed E-state index contributed by atoms with van der Waals surface area (Å²) in [5.41, 5.74) is 2.13. The number of aromatic amines is 1. The Kier molecular flexibility index (Phi) is 4.37. The van der Waals surface area contributed by atoms with Crippen LogP contribution in [0.1, 0.15) is 15.9 Å². The standard InChI is InChI=1S/C19H13ClN2O2/c1-24-16-6-7-18-17(9-16)14(11-22-18)8-13(10-21)19(23)12-2-4-15(20)5-3-12/h2-9,11,22H,1H3. The second-order valence-corrected chi connectivity index (χ2v) is 5.60. The van der Waals surface area contributed by atoms with Crippen molar-refractivity contribution in [3.05, 3.63) is 70.4 Å². The number of Topliss-reactive ketones (excluding diaryl/α,β-unsaturated/α-hetero) is 1. The van der Waals surface area contributed by atoms with Crippen molar-refractivity contribution in [2.75, 3.05) is 7.11 Å². The maximum Gasteiger partial charge on any atom is 0.203 e. The third-order valence-corrected chi connectivity index (χ3v) is 3.94. The van der Waals surface area contributed by atoms with Gasteiger partial charge in [-0.3, -0.25) is 4.79 Å². The first-order valence-corrected chi connectivity index (χ1v) is 7.57. The fourth-order valence-electron chi connectivity index (χ4n) is 2.43. The van der Waals surface area contributed by atoms with Crippen LogP contribution in [0.3, 0.4) is 0 Å². The van der Waals surface area contributed by atoms with Crippen LogP contribution >= 0.6 is 11.6 Å². The first kappa shape index (κ1) is 15.9. The third kappa shape index (κ3) is 3.03. The van der Waals surface area contributed by atoms with E-state index in [4.69, 9.17) is 16.3 Å².